The van der Waals surface area contributed by atoms with Gasteiger partial charge in [-0.05, 0) is 52.2 Å². The number of likely N-dealkylation sites (N-methyl/N-ethyl adjacent to an activating group) is 2. The average Bonchev–Trinajstić information content (AvgIpc) is 2.46. The maximum Gasteiger partial charge on any atom is 0.120 e. The Labute approximate surface area is 128 Å². The topological polar surface area (TPSA) is 39.5 Å². The van der Waals surface area contributed by atoms with Crippen molar-refractivity contribution in [3.05, 3.63) is 29.8 Å². The average molecular weight is 289 g/mol. The van der Waals surface area contributed by atoms with E-state index in [0.29, 0.717) is 18.2 Å². The lowest BCUT2D eigenvalue weighted by molar-refractivity contribution is 0.168. The number of hydrogen-bond acceptors (Lipinski definition) is 4. The van der Waals surface area contributed by atoms with E-state index in [2.05, 4.69) is 43.8 Å². The monoisotopic (exact) mass is 289 g/mol. The molecule has 21 heavy (non-hydrogen) atoms. The SMILES string of the molecule is CCN(CCCOc1cccc(C#N)c1)C(C)CN(C)C. The Hall–Kier alpha value is -1.57. The highest BCUT2D eigenvalue weighted by Crippen LogP contribution is 2.13. The summed E-state index contributed by atoms with van der Waals surface area (Å²) < 4.78 is 5.72. The zero-order valence-electron chi connectivity index (χ0n) is 13.7. The molecular weight excluding hydrogens is 262 g/mol. The van der Waals surface area contributed by atoms with Crippen molar-refractivity contribution in [2.24, 2.45) is 0 Å². The van der Waals surface area contributed by atoms with Gasteiger partial charge >= 0.3 is 0 Å². The minimum absolute atomic E-state index is 0.548. The molecule has 0 fully saturated rings. The van der Waals surface area contributed by atoms with Gasteiger partial charge in [0.25, 0.3) is 0 Å². The van der Waals surface area contributed by atoms with Crippen LogP contribution in [0.3, 0.4) is 0 Å². The van der Waals surface area contributed by atoms with Crippen molar-refractivity contribution in [1.82, 2.24) is 9.80 Å². The van der Waals surface area contributed by atoms with E-state index in [-0.39, 0.29) is 0 Å². The molecule has 0 saturated carbocycles. The Balaban J connectivity index is 2.33. The third kappa shape index (κ3) is 6.61. The molecule has 0 aromatic heterocycles. The fourth-order valence-electron chi connectivity index (χ4n) is 2.45. The van der Waals surface area contributed by atoms with Gasteiger partial charge in [0.05, 0.1) is 18.2 Å². The van der Waals surface area contributed by atoms with Crippen LogP contribution < -0.4 is 4.74 Å². The molecule has 0 N–H and O–H groups in total. The van der Waals surface area contributed by atoms with Crippen LogP contribution in [0.2, 0.25) is 0 Å². The second-order valence-electron chi connectivity index (χ2n) is 5.58. The van der Waals surface area contributed by atoms with Crippen molar-refractivity contribution < 1.29 is 4.74 Å². The first-order valence-corrected chi connectivity index (χ1v) is 7.58. The van der Waals surface area contributed by atoms with Gasteiger partial charge in [-0.1, -0.05) is 13.0 Å². The summed E-state index contributed by atoms with van der Waals surface area (Å²) in [4.78, 5) is 4.69. The molecule has 1 atom stereocenters. The molecule has 0 amide bonds. The predicted molar refractivity (Wildman–Crippen MR) is 86.5 cm³/mol. The zero-order valence-corrected chi connectivity index (χ0v) is 13.7. The first-order chi connectivity index (χ1) is 10.1. The molecule has 0 aliphatic heterocycles. The summed E-state index contributed by atoms with van der Waals surface area (Å²) in [5.41, 5.74) is 0.641. The highest BCUT2D eigenvalue weighted by Gasteiger charge is 2.12. The van der Waals surface area contributed by atoms with E-state index in [1.54, 1.807) is 12.1 Å². The van der Waals surface area contributed by atoms with Crippen molar-refractivity contribution in [2.45, 2.75) is 26.3 Å². The maximum absolute atomic E-state index is 8.86. The minimum atomic E-state index is 0.548. The summed E-state index contributed by atoms with van der Waals surface area (Å²) in [6.07, 6.45) is 0.988. The highest BCUT2D eigenvalue weighted by molar-refractivity contribution is 5.36. The highest BCUT2D eigenvalue weighted by atomic mass is 16.5. The summed E-state index contributed by atoms with van der Waals surface area (Å²) in [6, 6.07) is 9.99. The molecule has 1 aromatic carbocycles. The van der Waals surface area contributed by atoms with Crippen LogP contribution in [0.1, 0.15) is 25.8 Å². The van der Waals surface area contributed by atoms with Crippen LogP contribution in [-0.2, 0) is 0 Å². The van der Waals surface area contributed by atoms with E-state index in [1.807, 2.05) is 12.1 Å². The molecular formula is C17H27N3O. The molecule has 1 rings (SSSR count). The minimum Gasteiger partial charge on any atom is -0.494 e. The second kappa shape index (κ2) is 9.38. The number of nitriles is 1. The Morgan fingerprint density at radius 1 is 1.33 bits per heavy atom. The third-order valence-electron chi connectivity index (χ3n) is 3.48. The van der Waals surface area contributed by atoms with Gasteiger partial charge in [0.1, 0.15) is 5.75 Å². The molecule has 1 aromatic rings. The standard InChI is InChI=1S/C17H27N3O/c1-5-20(15(2)14-19(3)4)10-7-11-21-17-9-6-8-16(12-17)13-18/h6,8-9,12,15H,5,7,10-11,14H2,1-4H3. The second-order valence-corrected chi connectivity index (χ2v) is 5.58. The molecule has 4 heteroatoms. The van der Waals surface area contributed by atoms with Crippen LogP contribution in [0.15, 0.2) is 24.3 Å². The van der Waals surface area contributed by atoms with E-state index >= 15 is 0 Å². The van der Waals surface area contributed by atoms with E-state index < -0.39 is 0 Å². The third-order valence-corrected chi connectivity index (χ3v) is 3.48. The number of nitrogens with zero attached hydrogens (tertiary/aromatic N) is 3. The number of ether oxygens (including phenoxy) is 1. The molecule has 0 saturated heterocycles. The van der Waals surface area contributed by atoms with Crippen LogP contribution in [0.4, 0.5) is 0 Å². The normalized spacial score (nSPS) is 12.4. The van der Waals surface area contributed by atoms with E-state index in [9.17, 15) is 0 Å². The Morgan fingerprint density at radius 2 is 2.10 bits per heavy atom. The fourth-order valence-corrected chi connectivity index (χ4v) is 2.45. The van der Waals surface area contributed by atoms with Crippen molar-refractivity contribution in [2.75, 3.05) is 40.3 Å². The predicted octanol–water partition coefficient (Wildman–Crippen LogP) is 2.60. The van der Waals surface area contributed by atoms with Crippen LogP contribution in [0.25, 0.3) is 0 Å². The quantitative estimate of drug-likeness (QED) is 0.655. The summed E-state index contributed by atoms with van der Waals surface area (Å²) in [5, 5.41) is 8.86. The van der Waals surface area contributed by atoms with Gasteiger partial charge in [-0.15, -0.1) is 0 Å². The lowest BCUT2D eigenvalue weighted by Crippen LogP contribution is -2.40. The van der Waals surface area contributed by atoms with Crippen LogP contribution in [0, 0.1) is 11.3 Å². The van der Waals surface area contributed by atoms with Crippen LogP contribution >= 0.6 is 0 Å². The largest absolute Gasteiger partial charge is 0.494 e. The van der Waals surface area contributed by atoms with Crippen LogP contribution in [0.5, 0.6) is 5.75 Å². The number of benzene rings is 1. The van der Waals surface area contributed by atoms with Gasteiger partial charge in [0.2, 0.25) is 0 Å². The van der Waals surface area contributed by atoms with Crippen molar-refractivity contribution >= 4 is 0 Å². The Kier molecular flexibility index (Phi) is 7.81. The fraction of sp³-hybridized carbons (Fsp3) is 0.588. The van der Waals surface area contributed by atoms with Gasteiger partial charge in [-0.25, -0.2) is 0 Å². The van der Waals surface area contributed by atoms with Crippen LogP contribution in [-0.4, -0.2) is 56.2 Å². The summed E-state index contributed by atoms with van der Waals surface area (Å²) >= 11 is 0. The van der Waals surface area contributed by atoms with E-state index in [0.717, 1.165) is 31.8 Å². The van der Waals surface area contributed by atoms with Gasteiger partial charge in [0.15, 0.2) is 0 Å². The van der Waals surface area contributed by atoms with Crippen molar-refractivity contribution in [3.8, 4) is 11.8 Å². The molecule has 0 radical (unpaired) electrons. The first kappa shape index (κ1) is 17.5. The summed E-state index contributed by atoms with van der Waals surface area (Å²) in [7, 11) is 4.21. The van der Waals surface area contributed by atoms with E-state index in [1.165, 1.54) is 0 Å². The number of hydrogen-bond donors (Lipinski definition) is 0. The zero-order chi connectivity index (χ0) is 15.7. The van der Waals surface area contributed by atoms with E-state index in [4.69, 9.17) is 10.00 Å². The smallest absolute Gasteiger partial charge is 0.120 e. The van der Waals surface area contributed by atoms with Crippen molar-refractivity contribution in [1.29, 1.82) is 5.26 Å². The summed E-state index contributed by atoms with van der Waals surface area (Å²) in [5.74, 6) is 0.776. The number of rotatable bonds is 9. The summed E-state index contributed by atoms with van der Waals surface area (Å²) in [6.45, 7) is 8.30. The molecule has 0 aliphatic carbocycles. The Bertz CT molecular complexity index is 454. The first-order valence-electron chi connectivity index (χ1n) is 7.58. The van der Waals surface area contributed by atoms with Gasteiger partial charge < -0.3 is 9.64 Å². The molecule has 0 heterocycles. The molecule has 0 spiro atoms. The lowest BCUT2D eigenvalue weighted by Gasteiger charge is -2.29. The molecule has 1 unspecified atom stereocenters. The molecule has 116 valence electrons. The lowest BCUT2D eigenvalue weighted by atomic mass is 10.2. The van der Waals surface area contributed by atoms with Gasteiger partial charge in [0, 0.05) is 19.1 Å². The Morgan fingerprint density at radius 3 is 2.71 bits per heavy atom. The molecule has 4 nitrogen and oxygen atoms in total. The van der Waals surface area contributed by atoms with Gasteiger partial charge in [-0.2, -0.15) is 5.26 Å². The van der Waals surface area contributed by atoms with Crippen molar-refractivity contribution in [3.63, 3.8) is 0 Å². The molecule has 0 aliphatic rings. The maximum atomic E-state index is 8.86. The van der Waals surface area contributed by atoms with Gasteiger partial charge in [-0.3, -0.25) is 4.90 Å². The molecule has 0 bridgehead atoms.